The van der Waals surface area contributed by atoms with E-state index in [-0.39, 0.29) is 29.8 Å². The van der Waals surface area contributed by atoms with Crippen LogP contribution in [0.4, 0.5) is 0 Å². The highest BCUT2D eigenvalue weighted by Crippen LogP contribution is 2.35. The zero-order valence-corrected chi connectivity index (χ0v) is 16.3. The van der Waals surface area contributed by atoms with Crippen molar-refractivity contribution in [3.8, 4) is 0 Å². The molecule has 4 nitrogen and oxygen atoms in total. The Morgan fingerprint density at radius 2 is 1.69 bits per heavy atom. The normalized spacial score (nSPS) is 19.5. The third-order valence-corrected chi connectivity index (χ3v) is 5.69. The second kappa shape index (κ2) is 8.90. The van der Waals surface area contributed by atoms with E-state index in [0.29, 0.717) is 0 Å². The standard InChI is InChI=1S/C21H29ClN2O2/c1-15-8-10-16(11-9-15)20(24(18-12-13-18)19(25)14-22)21(26)23-17-6-4-2-3-5-7-17/h8-11,17-18,20H,2-7,12-14H2,1H3,(H,23,26). The van der Waals surface area contributed by atoms with E-state index in [4.69, 9.17) is 11.6 Å². The molecule has 26 heavy (non-hydrogen) atoms. The molecule has 1 N–H and O–H groups in total. The molecular formula is C21H29ClN2O2. The van der Waals surface area contributed by atoms with E-state index in [0.717, 1.165) is 49.7 Å². The fourth-order valence-corrected chi connectivity index (χ4v) is 4.01. The third-order valence-electron chi connectivity index (χ3n) is 5.46. The van der Waals surface area contributed by atoms with Crippen LogP contribution >= 0.6 is 11.6 Å². The average molecular weight is 377 g/mol. The van der Waals surface area contributed by atoms with E-state index < -0.39 is 6.04 Å². The summed E-state index contributed by atoms with van der Waals surface area (Å²) in [6.45, 7) is 2.02. The second-order valence-corrected chi connectivity index (χ2v) is 7.94. The Labute approximate surface area is 161 Å². The Hall–Kier alpha value is -1.55. The van der Waals surface area contributed by atoms with Gasteiger partial charge in [0.1, 0.15) is 11.9 Å². The van der Waals surface area contributed by atoms with Gasteiger partial charge in [0.2, 0.25) is 11.8 Å². The van der Waals surface area contributed by atoms with Crippen molar-refractivity contribution in [2.24, 2.45) is 0 Å². The molecule has 2 saturated carbocycles. The number of hydrogen-bond acceptors (Lipinski definition) is 2. The highest BCUT2D eigenvalue weighted by molar-refractivity contribution is 6.27. The van der Waals surface area contributed by atoms with Gasteiger partial charge in [-0.1, -0.05) is 55.5 Å². The molecule has 1 aromatic rings. The molecule has 1 unspecified atom stereocenters. The lowest BCUT2D eigenvalue weighted by Crippen LogP contribution is -2.47. The summed E-state index contributed by atoms with van der Waals surface area (Å²) in [4.78, 5) is 27.5. The molecular weight excluding hydrogens is 348 g/mol. The van der Waals surface area contributed by atoms with E-state index >= 15 is 0 Å². The topological polar surface area (TPSA) is 49.4 Å². The number of carbonyl (C=O) groups is 2. The smallest absolute Gasteiger partial charge is 0.247 e. The molecule has 0 saturated heterocycles. The predicted molar refractivity (Wildman–Crippen MR) is 104 cm³/mol. The van der Waals surface area contributed by atoms with E-state index in [1.54, 1.807) is 4.90 Å². The van der Waals surface area contributed by atoms with Gasteiger partial charge in [0.15, 0.2) is 0 Å². The molecule has 2 fully saturated rings. The van der Waals surface area contributed by atoms with Crippen molar-refractivity contribution in [3.63, 3.8) is 0 Å². The first-order valence-corrected chi connectivity index (χ1v) is 10.4. The first-order valence-electron chi connectivity index (χ1n) is 9.84. The number of nitrogens with zero attached hydrogens (tertiary/aromatic N) is 1. The molecule has 142 valence electrons. The van der Waals surface area contributed by atoms with Gasteiger partial charge in [-0.25, -0.2) is 0 Å². The quantitative estimate of drug-likeness (QED) is 0.600. The molecule has 1 aromatic carbocycles. The molecule has 3 rings (SSSR count). The fraction of sp³-hybridized carbons (Fsp3) is 0.619. The minimum atomic E-state index is -0.586. The van der Waals surface area contributed by atoms with Crippen LogP contribution in [0, 0.1) is 6.92 Å². The van der Waals surface area contributed by atoms with Crippen molar-refractivity contribution >= 4 is 23.4 Å². The predicted octanol–water partition coefficient (Wildman–Crippen LogP) is 4.10. The number of hydrogen-bond donors (Lipinski definition) is 1. The van der Waals surface area contributed by atoms with Crippen LogP contribution in [0.3, 0.4) is 0 Å². The van der Waals surface area contributed by atoms with E-state index in [1.807, 2.05) is 31.2 Å². The van der Waals surface area contributed by atoms with Crippen LogP contribution in [0.25, 0.3) is 0 Å². The minimum absolute atomic E-state index is 0.0638. The Bertz CT molecular complexity index is 619. The highest BCUT2D eigenvalue weighted by Gasteiger charge is 2.41. The lowest BCUT2D eigenvalue weighted by Gasteiger charge is -2.32. The summed E-state index contributed by atoms with van der Waals surface area (Å²) in [6, 6.07) is 7.68. The van der Waals surface area contributed by atoms with Gasteiger partial charge in [-0.2, -0.15) is 0 Å². The van der Waals surface area contributed by atoms with Crippen molar-refractivity contribution in [2.45, 2.75) is 76.4 Å². The van der Waals surface area contributed by atoms with Crippen LogP contribution in [-0.4, -0.2) is 34.7 Å². The second-order valence-electron chi connectivity index (χ2n) is 7.68. The first-order chi connectivity index (χ1) is 12.6. The van der Waals surface area contributed by atoms with Crippen LogP contribution in [0.5, 0.6) is 0 Å². The number of aryl methyl sites for hydroxylation is 1. The number of nitrogens with one attached hydrogen (secondary N) is 1. The Morgan fingerprint density at radius 1 is 1.08 bits per heavy atom. The third kappa shape index (κ3) is 4.79. The fourth-order valence-electron chi connectivity index (χ4n) is 3.87. The summed E-state index contributed by atoms with van der Waals surface area (Å²) in [6.07, 6.45) is 8.75. The Kier molecular flexibility index (Phi) is 6.58. The SMILES string of the molecule is Cc1ccc(C(C(=O)NC2CCCCCC2)N(C(=O)CCl)C2CC2)cc1. The van der Waals surface area contributed by atoms with E-state index in [9.17, 15) is 9.59 Å². The van der Waals surface area contributed by atoms with Crippen molar-refractivity contribution in [3.05, 3.63) is 35.4 Å². The summed E-state index contributed by atoms with van der Waals surface area (Å²) in [5.41, 5.74) is 2.01. The summed E-state index contributed by atoms with van der Waals surface area (Å²) in [5, 5.41) is 3.24. The zero-order valence-electron chi connectivity index (χ0n) is 15.5. The van der Waals surface area contributed by atoms with Crippen molar-refractivity contribution in [1.82, 2.24) is 10.2 Å². The maximum atomic E-state index is 13.3. The van der Waals surface area contributed by atoms with Crippen LogP contribution in [0.15, 0.2) is 24.3 Å². The number of amides is 2. The molecule has 0 spiro atoms. The maximum Gasteiger partial charge on any atom is 0.247 e. The van der Waals surface area contributed by atoms with Crippen LogP contribution < -0.4 is 5.32 Å². The molecule has 0 radical (unpaired) electrons. The van der Waals surface area contributed by atoms with Gasteiger partial charge in [-0.05, 0) is 38.2 Å². The molecule has 0 aliphatic heterocycles. The van der Waals surface area contributed by atoms with Gasteiger partial charge < -0.3 is 10.2 Å². The van der Waals surface area contributed by atoms with Gasteiger partial charge in [0, 0.05) is 12.1 Å². The first kappa shape index (κ1) is 19.2. The van der Waals surface area contributed by atoms with Crippen LogP contribution in [0.1, 0.15) is 68.5 Å². The largest absolute Gasteiger partial charge is 0.351 e. The van der Waals surface area contributed by atoms with E-state index in [2.05, 4.69) is 5.32 Å². The Balaban J connectivity index is 1.84. The number of alkyl halides is 1. The highest BCUT2D eigenvalue weighted by atomic mass is 35.5. The number of carbonyl (C=O) groups excluding carboxylic acids is 2. The van der Waals surface area contributed by atoms with Crippen molar-refractivity contribution in [2.75, 3.05) is 5.88 Å². The van der Waals surface area contributed by atoms with Crippen molar-refractivity contribution < 1.29 is 9.59 Å². The molecule has 0 aromatic heterocycles. The summed E-state index contributed by atoms with van der Waals surface area (Å²) in [7, 11) is 0. The minimum Gasteiger partial charge on any atom is -0.351 e. The van der Waals surface area contributed by atoms with Gasteiger partial charge in [-0.3, -0.25) is 9.59 Å². The molecule has 5 heteroatoms. The lowest BCUT2D eigenvalue weighted by atomic mass is 10.0. The van der Waals surface area contributed by atoms with Gasteiger partial charge >= 0.3 is 0 Å². The van der Waals surface area contributed by atoms with Gasteiger partial charge in [0.25, 0.3) is 0 Å². The number of halogens is 1. The van der Waals surface area contributed by atoms with Crippen LogP contribution in [0.2, 0.25) is 0 Å². The number of benzene rings is 1. The molecule has 0 heterocycles. The van der Waals surface area contributed by atoms with Crippen molar-refractivity contribution in [1.29, 1.82) is 0 Å². The lowest BCUT2D eigenvalue weighted by molar-refractivity contribution is -0.140. The Morgan fingerprint density at radius 3 is 2.23 bits per heavy atom. The summed E-state index contributed by atoms with van der Waals surface area (Å²) >= 11 is 5.87. The summed E-state index contributed by atoms with van der Waals surface area (Å²) < 4.78 is 0. The van der Waals surface area contributed by atoms with Crippen LogP contribution in [-0.2, 0) is 9.59 Å². The maximum absolute atomic E-state index is 13.3. The zero-order chi connectivity index (χ0) is 18.5. The monoisotopic (exact) mass is 376 g/mol. The van der Waals surface area contributed by atoms with Gasteiger partial charge in [0.05, 0.1) is 0 Å². The van der Waals surface area contributed by atoms with E-state index in [1.165, 1.54) is 12.8 Å². The molecule has 0 bridgehead atoms. The summed E-state index contributed by atoms with van der Waals surface area (Å²) in [5.74, 6) is -0.308. The molecule has 2 aliphatic carbocycles. The average Bonchev–Trinajstić information content (AvgIpc) is 3.48. The molecule has 2 aliphatic rings. The number of rotatable bonds is 6. The molecule has 1 atom stereocenters. The molecule has 2 amide bonds. The van der Waals surface area contributed by atoms with Gasteiger partial charge in [-0.15, -0.1) is 11.6 Å².